The van der Waals surface area contributed by atoms with Crippen LogP contribution in [-0.4, -0.2) is 46.0 Å². The van der Waals surface area contributed by atoms with Gasteiger partial charge in [-0.05, 0) is 30.0 Å². The highest BCUT2D eigenvalue weighted by molar-refractivity contribution is 6.01. The highest BCUT2D eigenvalue weighted by atomic mass is 16.4. The standard InChI is InChI=1S/C18H24N2O6/c1-9(2)13(17(23)24)19-15(21)11-6-5-7-12(8-11)16(22)20-14(10(3)4)18(25)26/h5-10,13-14H,1-4H3,(H,19,21)(H,20,22)(H,23,24)(H,25,26)/t13-,14-/m0/s1. The predicted molar refractivity (Wildman–Crippen MR) is 93.9 cm³/mol. The van der Waals surface area contributed by atoms with Crippen LogP contribution < -0.4 is 10.6 Å². The van der Waals surface area contributed by atoms with Gasteiger partial charge in [-0.3, -0.25) is 9.59 Å². The summed E-state index contributed by atoms with van der Waals surface area (Å²) in [6.07, 6.45) is 0. The van der Waals surface area contributed by atoms with Crippen molar-refractivity contribution in [2.75, 3.05) is 0 Å². The van der Waals surface area contributed by atoms with Crippen molar-refractivity contribution in [1.29, 1.82) is 0 Å². The van der Waals surface area contributed by atoms with Gasteiger partial charge in [0.25, 0.3) is 11.8 Å². The Hall–Kier alpha value is -2.90. The predicted octanol–water partition coefficient (Wildman–Crippen LogP) is 1.36. The SMILES string of the molecule is CC(C)[C@H](NC(=O)c1cccc(C(=O)N[C@H](C(=O)O)C(C)C)c1)C(=O)O. The first-order valence-electron chi connectivity index (χ1n) is 8.22. The monoisotopic (exact) mass is 364 g/mol. The van der Waals surface area contributed by atoms with Crippen LogP contribution in [0.25, 0.3) is 0 Å². The summed E-state index contributed by atoms with van der Waals surface area (Å²) in [4.78, 5) is 46.9. The van der Waals surface area contributed by atoms with Crippen LogP contribution in [-0.2, 0) is 9.59 Å². The molecule has 0 aliphatic rings. The van der Waals surface area contributed by atoms with Gasteiger partial charge in [0.2, 0.25) is 0 Å². The molecule has 8 nitrogen and oxygen atoms in total. The third kappa shape index (κ3) is 5.58. The summed E-state index contributed by atoms with van der Waals surface area (Å²) in [5.41, 5.74) is 0.224. The van der Waals surface area contributed by atoms with Gasteiger partial charge in [0.15, 0.2) is 0 Å². The number of hydrogen-bond donors (Lipinski definition) is 4. The molecule has 1 aromatic carbocycles. The van der Waals surface area contributed by atoms with Crippen molar-refractivity contribution in [3.63, 3.8) is 0 Å². The van der Waals surface area contributed by atoms with Gasteiger partial charge in [0, 0.05) is 11.1 Å². The van der Waals surface area contributed by atoms with E-state index in [9.17, 15) is 19.2 Å². The number of hydrogen-bond acceptors (Lipinski definition) is 4. The molecule has 0 fully saturated rings. The average molecular weight is 364 g/mol. The minimum absolute atomic E-state index is 0.112. The van der Waals surface area contributed by atoms with Gasteiger partial charge in [0.1, 0.15) is 12.1 Å². The second-order valence-corrected chi connectivity index (χ2v) is 6.65. The van der Waals surface area contributed by atoms with Crippen molar-refractivity contribution in [2.45, 2.75) is 39.8 Å². The van der Waals surface area contributed by atoms with E-state index in [-0.39, 0.29) is 23.0 Å². The van der Waals surface area contributed by atoms with E-state index in [0.29, 0.717) is 0 Å². The van der Waals surface area contributed by atoms with Crippen molar-refractivity contribution in [1.82, 2.24) is 10.6 Å². The lowest BCUT2D eigenvalue weighted by molar-refractivity contribution is -0.141. The fourth-order valence-corrected chi connectivity index (χ4v) is 2.28. The van der Waals surface area contributed by atoms with E-state index in [2.05, 4.69) is 10.6 Å². The van der Waals surface area contributed by atoms with Crippen LogP contribution in [0.1, 0.15) is 48.4 Å². The topological polar surface area (TPSA) is 133 Å². The number of benzene rings is 1. The lowest BCUT2D eigenvalue weighted by atomic mass is 10.0. The highest BCUT2D eigenvalue weighted by Crippen LogP contribution is 2.10. The normalized spacial score (nSPS) is 13.2. The van der Waals surface area contributed by atoms with E-state index >= 15 is 0 Å². The van der Waals surface area contributed by atoms with Gasteiger partial charge in [-0.2, -0.15) is 0 Å². The molecule has 0 saturated carbocycles. The molecular formula is C18H24N2O6. The van der Waals surface area contributed by atoms with Crippen molar-refractivity contribution in [2.24, 2.45) is 11.8 Å². The first-order chi connectivity index (χ1) is 12.0. The Bertz CT molecular complexity index is 643. The minimum atomic E-state index is -1.15. The molecule has 142 valence electrons. The third-order valence-corrected chi connectivity index (χ3v) is 3.83. The molecule has 1 rings (SSSR count). The van der Waals surface area contributed by atoms with Crippen LogP contribution in [0, 0.1) is 11.8 Å². The molecule has 0 bridgehead atoms. The maximum absolute atomic E-state index is 12.3. The lowest BCUT2D eigenvalue weighted by Gasteiger charge is -2.19. The lowest BCUT2D eigenvalue weighted by Crippen LogP contribution is -2.45. The first-order valence-corrected chi connectivity index (χ1v) is 8.22. The van der Waals surface area contributed by atoms with Crippen LogP contribution in [0.4, 0.5) is 0 Å². The summed E-state index contributed by atoms with van der Waals surface area (Å²) >= 11 is 0. The Morgan fingerprint density at radius 2 is 1.12 bits per heavy atom. The van der Waals surface area contributed by atoms with E-state index in [0.717, 1.165) is 0 Å². The Morgan fingerprint density at radius 3 is 1.38 bits per heavy atom. The van der Waals surface area contributed by atoms with Crippen LogP contribution >= 0.6 is 0 Å². The molecule has 0 aromatic heterocycles. The molecule has 0 aliphatic carbocycles. The Kier molecular flexibility index (Phi) is 7.30. The summed E-state index contributed by atoms with van der Waals surface area (Å²) in [5.74, 6) is -4.18. The van der Waals surface area contributed by atoms with Crippen molar-refractivity contribution >= 4 is 23.8 Å². The molecular weight excluding hydrogens is 340 g/mol. The maximum Gasteiger partial charge on any atom is 0.326 e. The largest absolute Gasteiger partial charge is 0.480 e. The van der Waals surface area contributed by atoms with Crippen LogP contribution in [0.2, 0.25) is 0 Å². The fourth-order valence-electron chi connectivity index (χ4n) is 2.28. The van der Waals surface area contributed by atoms with E-state index in [4.69, 9.17) is 10.2 Å². The molecule has 0 radical (unpaired) electrons. The van der Waals surface area contributed by atoms with Crippen molar-refractivity contribution in [3.8, 4) is 0 Å². The summed E-state index contributed by atoms with van der Waals surface area (Å²) in [6, 6.07) is 3.54. The number of aliphatic carboxylic acids is 2. The molecule has 2 atom stereocenters. The number of rotatable bonds is 8. The fraction of sp³-hybridized carbons (Fsp3) is 0.444. The minimum Gasteiger partial charge on any atom is -0.480 e. The van der Waals surface area contributed by atoms with Crippen LogP contribution in [0.3, 0.4) is 0 Å². The second kappa shape index (κ2) is 8.98. The van der Waals surface area contributed by atoms with Crippen LogP contribution in [0.5, 0.6) is 0 Å². The van der Waals surface area contributed by atoms with Gasteiger partial charge in [-0.15, -0.1) is 0 Å². The molecule has 26 heavy (non-hydrogen) atoms. The molecule has 0 saturated heterocycles. The second-order valence-electron chi connectivity index (χ2n) is 6.65. The molecule has 2 amide bonds. The van der Waals surface area contributed by atoms with Crippen molar-refractivity contribution < 1.29 is 29.4 Å². The summed E-state index contributed by atoms with van der Waals surface area (Å²) in [5, 5.41) is 23.1. The summed E-state index contributed by atoms with van der Waals surface area (Å²) in [7, 11) is 0. The van der Waals surface area contributed by atoms with Gasteiger partial charge in [-0.25, -0.2) is 9.59 Å². The first kappa shape index (κ1) is 21.1. The number of carbonyl (C=O) groups is 4. The van der Waals surface area contributed by atoms with E-state index in [1.807, 2.05) is 0 Å². The van der Waals surface area contributed by atoms with Crippen LogP contribution in [0.15, 0.2) is 24.3 Å². The Labute approximate surface area is 151 Å². The number of carboxylic acids is 2. The average Bonchev–Trinajstić information content (AvgIpc) is 2.55. The molecule has 0 heterocycles. The Morgan fingerprint density at radius 1 is 0.769 bits per heavy atom. The van der Waals surface area contributed by atoms with Gasteiger partial charge in [-0.1, -0.05) is 33.8 Å². The van der Waals surface area contributed by atoms with Gasteiger partial charge < -0.3 is 20.8 Å². The molecule has 8 heteroatoms. The summed E-state index contributed by atoms with van der Waals surface area (Å²) in [6.45, 7) is 6.67. The maximum atomic E-state index is 12.3. The Balaban J connectivity index is 2.96. The smallest absolute Gasteiger partial charge is 0.326 e. The third-order valence-electron chi connectivity index (χ3n) is 3.83. The van der Waals surface area contributed by atoms with Gasteiger partial charge in [0.05, 0.1) is 0 Å². The highest BCUT2D eigenvalue weighted by Gasteiger charge is 2.26. The molecule has 4 N–H and O–H groups in total. The number of carbonyl (C=O) groups excluding carboxylic acids is 2. The zero-order chi connectivity index (χ0) is 20.0. The van der Waals surface area contributed by atoms with Gasteiger partial charge >= 0.3 is 11.9 Å². The van der Waals surface area contributed by atoms with E-state index < -0.39 is 35.8 Å². The zero-order valence-corrected chi connectivity index (χ0v) is 15.1. The summed E-state index contributed by atoms with van der Waals surface area (Å²) < 4.78 is 0. The number of nitrogens with one attached hydrogen (secondary N) is 2. The molecule has 0 unspecified atom stereocenters. The number of amides is 2. The quantitative estimate of drug-likeness (QED) is 0.550. The number of carboxylic acid groups (broad SMARTS) is 2. The van der Waals surface area contributed by atoms with E-state index in [1.165, 1.54) is 24.3 Å². The molecule has 0 aliphatic heterocycles. The zero-order valence-electron chi connectivity index (χ0n) is 15.1. The molecule has 1 aromatic rings. The van der Waals surface area contributed by atoms with Crippen molar-refractivity contribution in [3.05, 3.63) is 35.4 Å². The van der Waals surface area contributed by atoms with E-state index in [1.54, 1.807) is 27.7 Å². The molecule has 0 spiro atoms.